The van der Waals surface area contributed by atoms with E-state index in [1.54, 1.807) is 18.2 Å². The summed E-state index contributed by atoms with van der Waals surface area (Å²) in [5.41, 5.74) is 1.37. The molecule has 0 saturated carbocycles. The number of carboxylic acids is 1. The number of urea groups is 1. The molecule has 3 unspecified atom stereocenters. The molecule has 21 heavy (non-hydrogen) atoms. The Kier molecular flexibility index (Phi) is 3.55. The van der Waals surface area contributed by atoms with E-state index in [1.807, 2.05) is 13.0 Å². The van der Waals surface area contributed by atoms with Crippen LogP contribution in [0.2, 0.25) is 0 Å². The van der Waals surface area contributed by atoms with Crippen molar-refractivity contribution in [1.29, 1.82) is 0 Å². The van der Waals surface area contributed by atoms with Gasteiger partial charge < -0.3 is 15.2 Å². The SMILES string of the molecule is CC1OCCC1NC(=O)N1CC(C(=O)O)c2ccccc21. The average molecular weight is 290 g/mol. The largest absolute Gasteiger partial charge is 0.481 e. The number of fused-ring (bicyclic) bond motifs is 1. The highest BCUT2D eigenvalue weighted by molar-refractivity contribution is 5.98. The van der Waals surface area contributed by atoms with Crippen LogP contribution in [-0.4, -0.2) is 42.4 Å². The zero-order valence-corrected chi connectivity index (χ0v) is 11.8. The van der Waals surface area contributed by atoms with E-state index >= 15 is 0 Å². The topological polar surface area (TPSA) is 78.9 Å². The van der Waals surface area contributed by atoms with Crippen LogP contribution in [0.5, 0.6) is 0 Å². The lowest BCUT2D eigenvalue weighted by Gasteiger charge is -2.22. The van der Waals surface area contributed by atoms with Crippen molar-refractivity contribution in [3.05, 3.63) is 29.8 Å². The summed E-state index contributed by atoms with van der Waals surface area (Å²) in [4.78, 5) is 25.3. The molecule has 1 fully saturated rings. The average Bonchev–Trinajstić information content (AvgIpc) is 3.03. The molecule has 1 saturated heterocycles. The third-order valence-corrected chi connectivity index (χ3v) is 4.20. The van der Waals surface area contributed by atoms with Crippen LogP contribution in [0, 0.1) is 0 Å². The second-order valence-corrected chi connectivity index (χ2v) is 5.48. The quantitative estimate of drug-likeness (QED) is 0.866. The van der Waals surface area contributed by atoms with Gasteiger partial charge in [0.25, 0.3) is 0 Å². The van der Waals surface area contributed by atoms with Crippen LogP contribution in [0.1, 0.15) is 24.8 Å². The number of aliphatic carboxylic acids is 1. The molecule has 0 aromatic heterocycles. The van der Waals surface area contributed by atoms with Crippen molar-refractivity contribution in [3.63, 3.8) is 0 Å². The van der Waals surface area contributed by atoms with Gasteiger partial charge in [0.15, 0.2) is 0 Å². The number of nitrogens with zero attached hydrogens (tertiary/aromatic N) is 1. The van der Waals surface area contributed by atoms with E-state index in [-0.39, 0.29) is 24.7 Å². The number of benzene rings is 1. The van der Waals surface area contributed by atoms with E-state index < -0.39 is 11.9 Å². The fraction of sp³-hybridized carbons (Fsp3) is 0.467. The van der Waals surface area contributed by atoms with Crippen LogP contribution >= 0.6 is 0 Å². The first-order valence-corrected chi connectivity index (χ1v) is 7.09. The monoisotopic (exact) mass is 290 g/mol. The number of carbonyl (C=O) groups excluding carboxylic acids is 1. The summed E-state index contributed by atoms with van der Waals surface area (Å²) in [6.45, 7) is 2.73. The van der Waals surface area contributed by atoms with Gasteiger partial charge in [0.05, 0.1) is 12.1 Å². The highest BCUT2D eigenvalue weighted by Gasteiger charge is 2.37. The molecule has 0 bridgehead atoms. The Morgan fingerprint density at radius 2 is 2.14 bits per heavy atom. The second-order valence-electron chi connectivity index (χ2n) is 5.48. The predicted octanol–water partition coefficient (Wildman–Crippen LogP) is 1.56. The molecule has 0 aliphatic carbocycles. The number of carbonyl (C=O) groups is 2. The first-order chi connectivity index (χ1) is 10.1. The second kappa shape index (κ2) is 5.37. The number of hydrogen-bond acceptors (Lipinski definition) is 3. The minimum Gasteiger partial charge on any atom is -0.481 e. The third kappa shape index (κ3) is 2.47. The summed E-state index contributed by atoms with van der Waals surface area (Å²) in [5.74, 6) is -1.57. The van der Waals surface area contributed by atoms with E-state index in [9.17, 15) is 14.7 Å². The van der Waals surface area contributed by atoms with E-state index in [2.05, 4.69) is 5.32 Å². The molecule has 2 aliphatic rings. The van der Waals surface area contributed by atoms with Gasteiger partial charge in [-0.2, -0.15) is 0 Å². The van der Waals surface area contributed by atoms with E-state index in [0.717, 1.165) is 6.42 Å². The van der Waals surface area contributed by atoms with E-state index in [0.29, 0.717) is 17.9 Å². The minimum absolute atomic E-state index is 0.0120. The lowest BCUT2D eigenvalue weighted by Crippen LogP contribution is -2.47. The molecule has 1 aromatic rings. The van der Waals surface area contributed by atoms with Crippen LogP contribution in [0.4, 0.5) is 10.5 Å². The third-order valence-electron chi connectivity index (χ3n) is 4.20. The summed E-state index contributed by atoms with van der Waals surface area (Å²) in [6, 6.07) is 6.88. The maximum atomic E-state index is 12.4. The van der Waals surface area contributed by atoms with Crippen LogP contribution in [0.3, 0.4) is 0 Å². The molecule has 2 amide bonds. The standard InChI is InChI=1S/C15H18N2O4/c1-9-12(6-7-21-9)16-15(20)17-8-11(14(18)19)10-4-2-3-5-13(10)17/h2-5,9,11-12H,6-8H2,1H3,(H,16,20)(H,18,19). The number of amides is 2. The van der Waals surface area contributed by atoms with Gasteiger partial charge in [0.1, 0.15) is 5.92 Å². The normalized spacial score (nSPS) is 27.5. The van der Waals surface area contributed by atoms with Crippen molar-refractivity contribution in [2.45, 2.75) is 31.4 Å². The summed E-state index contributed by atoms with van der Waals surface area (Å²) in [5, 5.41) is 12.2. The lowest BCUT2D eigenvalue weighted by atomic mass is 10.0. The molecule has 2 N–H and O–H groups in total. The summed E-state index contributed by atoms with van der Waals surface area (Å²) in [7, 11) is 0. The van der Waals surface area contributed by atoms with Crippen molar-refractivity contribution >= 4 is 17.7 Å². The maximum absolute atomic E-state index is 12.4. The molecular formula is C15H18N2O4. The summed E-state index contributed by atoms with van der Waals surface area (Å²) in [6.07, 6.45) is 0.771. The van der Waals surface area contributed by atoms with Gasteiger partial charge in [0.2, 0.25) is 0 Å². The molecule has 1 aromatic carbocycles. The zero-order chi connectivity index (χ0) is 15.0. The molecule has 0 radical (unpaired) electrons. The molecule has 2 heterocycles. The number of anilines is 1. The molecular weight excluding hydrogens is 272 g/mol. The molecule has 112 valence electrons. The smallest absolute Gasteiger partial charge is 0.322 e. The van der Waals surface area contributed by atoms with Gasteiger partial charge in [0, 0.05) is 18.8 Å². The highest BCUT2D eigenvalue weighted by Crippen LogP contribution is 2.36. The van der Waals surface area contributed by atoms with Crippen molar-refractivity contribution in [2.24, 2.45) is 0 Å². The van der Waals surface area contributed by atoms with Crippen LogP contribution in [0.15, 0.2) is 24.3 Å². The van der Waals surface area contributed by atoms with Crippen molar-refractivity contribution in [1.82, 2.24) is 5.32 Å². The molecule has 3 rings (SSSR count). The van der Waals surface area contributed by atoms with Crippen LogP contribution in [0.25, 0.3) is 0 Å². The predicted molar refractivity (Wildman–Crippen MR) is 76.5 cm³/mol. The molecule has 0 spiro atoms. The lowest BCUT2D eigenvalue weighted by molar-refractivity contribution is -0.138. The number of carboxylic acid groups (broad SMARTS) is 1. The Bertz CT molecular complexity index is 575. The fourth-order valence-corrected chi connectivity index (χ4v) is 2.97. The van der Waals surface area contributed by atoms with Gasteiger partial charge >= 0.3 is 12.0 Å². The molecule has 2 aliphatic heterocycles. The first kappa shape index (κ1) is 13.9. The Morgan fingerprint density at radius 3 is 2.81 bits per heavy atom. The number of rotatable bonds is 2. The summed E-state index contributed by atoms with van der Waals surface area (Å²) >= 11 is 0. The van der Waals surface area contributed by atoms with Crippen molar-refractivity contribution in [2.75, 3.05) is 18.1 Å². The Morgan fingerprint density at radius 1 is 1.38 bits per heavy atom. The molecule has 6 nitrogen and oxygen atoms in total. The van der Waals surface area contributed by atoms with E-state index in [4.69, 9.17) is 4.74 Å². The van der Waals surface area contributed by atoms with Gasteiger partial charge in [-0.15, -0.1) is 0 Å². The Balaban J connectivity index is 1.80. The van der Waals surface area contributed by atoms with Gasteiger partial charge in [-0.3, -0.25) is 9.69 Å². The maximum Gasteiger partial charge on any atom is 0.322 e. The Hall–Kier alpha value is -2.08. The molecule has 6 heteroatoms. The minimum atomic E-state index is -0.907. The molecule has 3 atom stereocenters. The van der Waals surface area contributed by atoms with Crippen LogP contribution in [-0.2, 0) is 9.53 Å². The fourth-order valence-electron chi connectivity index (χ4n) is 2.97. The van der Waals surface area contributed by atoms with E-state index in [1.165, 1.54) is 4.90 Å². The number of hydrogen-bond donors (Lipinski definition) is 2. The number of ether oxygens (including phenoxy) is 1. The van der Waals surface area contributed by atoms with Gasteiger partial charge in [-0.05, 0) is 25.0 Å². The zero-order valence-electron chi connectivity index (χ0n) is 11.8. The van der Waals surface area contributed by atoms with Crippen molar-refractivity contribution in [3.8, 4) is 0 Å². The van der Waals surface area contributed by atoms with Crippen molar-refractivity contribution < 1.29 is 19.4 Å². The number of para-hydroxylation sites is 1. The summed E-state index contributed by atoms with van der Waals surface area (Å²) < 4.78 is 5.43. The van der Waals surface area contributed by atoms with Crippen LogP contribution < -0.4 is 10.2 Å². The van der Waals surface area contributed by atoms with Gasteiger partial charge in [-0.25, -0.2) is 4.79 Å². The number of nitrogens with one attached hydrogen (secondary N) is 1. The first-order valence-electron chi connectivity index (χ1n) is 7.09. The highest BCUT2D eigenvalue weighted by atomic mass is 16.5. The van der Waals surface area contributed by atoms with Gasteiger partial charge in [-0.1, -0.05) is 18.2 Å². The Labute approximate surface area is 122 Å².